The summed E-state index contributed by atoms with van der Waals surface area (Å²) in [4.78, 5) is 0. The zero-order valence-corrected chi connectivity index (χ0v) is 4.21. The quantitative estimate of drug-likeness (QED) is 0.443. The molecule has 0 fully saturated rings. The first-order valence-electron chi connectivity index (χ1n) is 1.46. The molecular formula is C3H7OS. The van der Waals surface area contributed by atoms with Gasteiger partial charge in [-0.05, 0) is 13.2 Å². The molecule has 1 nitrogen and oxygen atoms in total. The number of hydrogen-bond donors (Lipinski definition) is 0. The fourth-order valence-electron chi connectivity index (χ4n) is 0. The molecule has 0 aromatic heterocycles. The highest BCUT2D eigenvalue weighted by Crippen LogP contribution is 1.98. The number of hydrogen-bond acceptors (Lipinski definition) is 1. The molecule has 0 aromatic rings. The van der Waals surface area contributed by atoms with Gasteiger partial charge in [0.25, 0.3) is 0 Å². The zero-order valence-electron chi connectivity index (χ0n) is 3.39. The fraction of sp³-hybridized carbons (Fsp3) is 1.00. The Morgan fingerprint density at radius 2 is 2.00 bits per heavy atom. The van der Waals surface area contributed by atoms with Crippen LogP contribution in [0, 0.1) is 0 Å². The van der Waals surface area contributed by atoms with E-state index in [-0.39, 0.29) is 0 Å². The minimum Gasteiger partial charge on any atom is -0.222 e. The van der Waals surface area contributed by atoms with Crippen molar-refractivity contribution >= 4 is 11.8 Å². The molecule has 0 heterocycles. The van der Waals surface area contributed by atoms with E-state index in [1.54, 1.807) is 13.2 Å². The molecule has 5 heavy (non-hydrogen) atoms. The molecule has 1 radical (unpaired) electrons. The van der Waals surface area contributed by atoms with Crippen molar-refractivity contribution in [2.75, 3.05) is 6.26 Å². The Balaban J connectivity index is 2.54. The molecular weight excluding hydrogens is 84.1 g/mol. The fourth-order valence-corrected chi connectivity index (χ4v) is 0. The average Bonchev–Trinajstić information content (AvgIpc) is 1.38. The van der Waals surface area contributed by atoms with E-state index in [4.69, 9.17) is 0 Å². The van der Waals surface area contributed by atoms with Gasteiger partial charge in [-0.1, -0.05) is 0 Å². The van der Waals surface area contributed by atoms with E-state index in [9.17, 15) is 5.11 Å². The second kappa shape index (κ2) is 2.54. The first-order valence-corrected chi connectivity index (χ1v) is 2.74. The van der Waals surface area contributed by atoms with Gasteiger partial charge in [0.05, 0.1) is 0 Å². The standard InChI is InChI=1S/C3H7OS/c1-3(4)5-2/h3H,1-2H3. The molecule has 0 rings (SSSR count). The summed E-state index contributed by atoms with van der Waals surface area (Å²) in [7, 11) is 0. The Morgan fingerprint density at radius 3 is 2.00 bits per heavy atom. The van der Waals surface area contributed by atoms with E-state index in [1.807, 2.05) is 0 Å². The maximum Gasteiger partial charge on any atom is 0.135 e. The molecule has 0 aliphatic carbocycles. The lowest BCUT2D eigenvalue weighted by Crippen LogP contribution is -1.83. The summed E-state index contributed by atoms with van der Waals surface area (Å²) in [6, 6.07) is 0. The molecule has 1 atom stereocenters. The van der Waals surface area contributed by atoms with E-state index in [2.05, 4.69) is 0 Å². The molecule has 0 aromatic carbocycles. The van der Waals surface area contributed by atoms with Crippen molar-refractivity contribution in [2.24, 2.45) is 0 Å². The van der Waals surface area contributed by atoms with Gasteiger partial charge in [0.15, 0.2) is 0 Å². The monoisotopic (exact) mass is 91.0 g/mol. The van der Waals surface area contributed by atoms with Crippen LogP contribution in [-0.4, -0.2) is 11.7 Å². The molecule has 0 spiro atoms. The summed E-state index contributed by atoms with van der Waals surface area (Å²) in [5.41, 5.74) is -0.449. The summed E-state index contributed by atoms with van der Waals surface area (Å²) in [5.74, 6) is 0. The molecule has 0 N–H and O–H groups in total. The molecule has 0 saturated carbocycles. The third-order valence-electron chi connectivity index (χ3n) is 0.332. The smallest absolute Gasteiger partial charge is 0.135 e. The van der Waals surface area contributed by atoms with Gasteiger partial charge in [0.2, 0.25) is 0 Å². The van der Waals surface area contributed by atoms with Crippen molar-refractivity contribution in [3.63, 3.8) is 0 Å². The Labute approximate surface area is 36.4 Å². The zero-order chi connectivity index (χ0) is 4.28. The average molecular weight is 91.2 g/mol. The predicted molar refractivity (Wildman–Crippen MR) is 23.7 cm³/mol. The lowest BCUT2D eigenvalue weighted by Gasteiger charge is -1.86. The van der Waals surface area contributed by atoms with Gasteiger partial charge in [-0.2, -0.15) is 0 Å². The van der Waals surface area contributed by atoms with Gasteiger partial charge >= 0.3 is 0 Å². The highest BCUT2D eigenvalue weighted by Gasteiger charge is 1.85. The minimum atomic E-state index is -0.449. The topological polar surface area (TPSA) is 19.9 Å². The lowest BCUT2D eigenvalue weighted by atomic mass is 10.9. The maximum atomic E-state index is 9.86. The SMILES string of the molecule is CSC(C)[O]. The minimum absolute atomic E-state index is 0.449. The third-order valence-corrected chi connectivity index (χ3v) is 0.996. The third kappa shape index (κ3) is 4.31. The van der Waals surface area contributed by atoms with Crippen molar-refractivity contribution in [1.82, 2.24) is 0 Å². The number of thioether (sulfide) groups is 1. The highest BCUT2D eigenvalue weighted by molar-refractivity contribution is 7.99. The highest BCUT2D eigenvalue weighted by atomic mass is 32.2. The molecule has 0 saturated heterocycles. The van der Waals surface area contributed by atoms with Crippen LogP contribution in [0.2, 0.25) is 0 Å². The van der Waals surface area contributed by atoms with E-state index >= 15 is 0 Å². The van der Waals surface area contributed by atoms with Crippen LogP contribution in [0.1, 0.15) is 6.92 Å². The van der Waals surface area contributed by atoms with Crippen LogP contribution in [0.4, 0.5) is 0 Å². The molecule has 0 aliphatic heterocycles. The van der Waals surface area contributed by atoms with Gasteiger partial charge in [-0.15, -0.1) is 11.8 Å². The van der Waals surface area contributed by atoms with Crippen LogP contribution in [0.5, 0.6) is 0 Å². The Kier molecular flexibility index (Phi) is 2.70. The molecule has 2 heteroatoms. The molecule has 0 aliphatic rings. The van der Waals surface area contributed by atoms with Gasteiger partial charge in [-0.3, -0.25) is 0 Å². The molecule has 1 unspecified atom stereocenters. The lowest BCUT2D eigenvalue weighted by molar-refractivity contribution is 0.181. The normalized spacial score (nSPS) is 15.0. The Bertz CT molecular complexity index is 20.9. The summed E-state index contributed by atoms with van der Waals surface area (Å²) < 4.78 is 0. The largest absolute Gasteiger partial charge is 0.222 e. The van der Waals surface area contributed by atoms with E-state index in [1.165, 1.54) is 11.8 Å². The second-order valence-corrected chi connectivity index (χ2v) is 1.94. The van der Waals surface area contributed by atoms with Crippen LogP contribution in [-0.2, 0) is 5.11 Å². The van der Waals surface area contributed by atoms with Crippen molar-refractivity contribution < 1.29 is 5.11 Å². The van der Waals surface area contributed by atoms with E-state index < -0.39 is 5.44 Å². The van der Waals surface area contributed by atoms with Crippen molar-refractivity contribution in [3.05, 3.63) is 0 Å². The van der Waals surface area contributed by atoms with Crippen LogP contribution in [0.3, 0.4) is 0 Å². The van der Waals surface area contributed by atoms with Crippen LogP contribution in [0.15, 0.2) is 0 Å². The van der Waals surface area contributed by atoms with Gasteiger partial charge in [0.1, 0.15) is 5.44 Å². The number of rotatable bonds is 1. The van der Waals surface area contributed by atoms with Crippen LogP contribution < -0.4 is 0 Å². The van der Waals surface area contributed by atoms with E-state index in [0.29, 0.717) is 0 Å². The first kappa shape index (κ1) is 5.31. The van der Waals surface area contributed by atoms with Gasteiger partial charge in [0, 0.05) is 0 Å². The van der Waals surface area contributed by atoms with Gasteiger partial charge < -0.3 is 0 Å². The predicted octanol–water partition coefficient (Wildman–Crippen LogP) is 1.13. The van der Waals surface area contributed by atoms with Crippen LogP contribution >= 0.6 is 11.8 Å². The first-order chi connectivity index (χ1) is 2.27. The van der Waals surface area contributed by atoms with Gasteiger partial charge in [-0.25, -0.2) is 5.11 Å². The summed E-state index contributed by atoms with van der Waals surface area (Å²) >= 11 is 1.32. The van der Waals surface area contributed by atoms with Crippen LogP contribution in [0.25, 0.3) is 0 Å². The summed E-state index contributed by atoms with van der Waals surface area (Å²) in [5, 5.41) is 9.86. The molecule has 0 bridgehead atoms. The van der Waals surface area contributed by atoms with E-state index in [0.717, 1.165) is 0 Å². The summed E-state index contributed by atoms with van der Waals surface area (Å²) in [6.07, 6.45) is 1.80. The molecule has 31 valence electrons. The Morgan fingerprint density at radius 1 is 1.80 bits per heavy atom. The van der Waals surface area contributed by atoms with Crippen molar-refractivity contribution in [3.8, 4) is 0 Å². The summed E-state index contributed by atoms with van der Waals surface area (Å²) in [6.45, 7) is 1.63. The molecule has 0 amide bonds. The second-order valence-electron chi connectivity index (χ2n) is 0.803. The maximum absolute atomic E-state index is 9.86. The Hall–Kier alpha value is 0.310. The van der Waals surface area contributed by atoms with Crippen molar-refractivity contribution in [2.45, 2.75) is 12.4 Å². The van der Waals surface area contributed by atoms with Crippen molar-refractivity contribution in [1.29, 1.82) is 0 Å².